The van der Waals surface area contributed by atoms with Crippen molar-refractivity contribution in [2.45, 2.75) is 77.0 Å². The number of non-ortho nitro benzene ring substituents is 1. The SMILES string of the molecule is CC1CCCCc2ccc(N)cc21.CC1CCCCc2ccc([N+](=O)[O-])cc21. The second-order valence-electron chi connectivity index (χ2n) is 8.39. The van der Waals surface area contributed by atoms with E-state index < -0.39 is 0 Å². The van der Waals surface area contributed by atoms with Crippen molar-refractivity contribution in [1.29, 1.82) is 0 Å². The Balaban J connectivity index is 0.000000162. The van der Waals surface area contributed by atoms with Crippen molar-refractivity contribution in [3.8, 4) is 0 Å². The van der Waals surface area contributed by atoms with E-state index in [1.807, 2.05) is 12.1 Å². The Morgan fingerprint density at radius 3 is 1.96 bits per heavy atom. The molecule has 0 bridgehead atoms. The molecule has 2 aromatic carbocycles. The molecule has 28 heavy (non-hydrogen) atoms. The van der Waals surface area contributed by atoms with Gasteiger partial charge in [0, 0.05) is 17.8 Å². The fourth-order valence-electron chi connectivity index (χ4n) is 4.53. The van der Waals surface area contributed by atoms with Crippen LogP contribution in [0.15, 0.2) is 36.4 Å². The Kier molecular flexibility index (Phi) is 6.71. The number of nitro groups is 1. The average molecular weight is 381 g/mol. The third-order valence-corrected chi connectivity index (χ3v) is 6.24. The predicted molar refractivity (Wildman–Crippen MR) is 116 cm³/mol. The first-order chi connectivity index (χ1) is 13.5. The number of benzene rings is 2. The fourth-order valence-corrected chi connectivity index (χ4v) is 4.53. The Morgan fingerprint density at radius 1 is 0.857 bits per heavy atom. The summed E-state index contributed by atoms with van der Waals surface area (Å²) in [6.07, 6.45) is 9.89. The van der Waals surface area contributed by atoms with Gasteiger partial charge in [0.25, 0.3) is 5.69 Å². The molecule has 2 unspecified atom stereocenters. The number of aryl methyl sites for hydroxylation is 2. The summed E-state index contributed by atoms with van der Waals surface area (Å²) >= 11 is 0. The minimum Gasteiger partial charge on any atom is -0.399 e. The number of nitrogens with zero attached hydrogens (tertiary/aromatic N) is 1. The maximum Gasteiger partial charge on any atom is 0.269 e. The van der Waals surface area contributed by atoms with E-state index in [9.17, 15) is 10.1 Å². The van der Waals surface area contributed by atoms with Crippen LogP contribution in [-0.4, -0.2) is 4.92 Å². The maximum atomic E-state index is 10.7. The van der Waals surface area contributed by atoms with Gasteiger partial charge in [-0.1, -0.05) is 38.8 Å². The van der Waals surface area contributed by atoms with Crippen LogP contribution in [0.4, 0.5) is 11.4 Å². The molecule has 0 spiro atoms. The van der Waals surface area contributed by atoms with Gasteiger partial charge in [-0.25, -0.2) is 0 Å². The van der Waals surface area contributed by atoms with E-state index in [1.54, 1.807) is 12.1 Å². The van der Waals surface area contributed by atoms with Gasteiger partial charge in [0.05, 0.1) is 4.92 Å². The zero-order valence-electron chi connectivity index (χ0n) is 17.1. The monoisotopic (exact) mass is 380 g/mol. The van der Waals surface area contributed by atoms with Crippen molar-refractivity contribution >= 4 is 11.4 Å². The Labute approximate surface area is 168 Å². The van der Waals surface area contributed by atoms with Crippen LogP contribution in [0.2, 0.25) is 0 Å². The summed E-state index contributed by atoms with van der Waals surface area (Å²) in [6, 6.07) is 11.7. The molecule has 0 saturated heterocycles. The zero-order valence-corrected chi connectivity index (χ0v) is 17.1. The fraction of sp³-hybridized carbons (Fsp3) is 0.500. The summed E-state index contributed by atoms with van der Waals surface area (Å²) < 4.78 is 0. The number of anilines is 1. The molecule has 0 aliphatic heterocycles. The first kappa shape index (κ1) is 20.4. The molecule has 2 aromatic rings. The lowest BCUT2D eigenvalue weighted by Gasteiger charge is -2.12. The van der Waals surface area contributed by atoms with Gasteiger partial charge in [0.2, 0.25) is 0 Å². The molecule has 0 saturated carbocycles. The van der Waals surface area contributed by atoms with E-state index in [0.717, 1.165) is 18.5 Å². The summed E-state index contributed by atoms with van der Waals surface area (Å²) in [5, 5.41) is 10.7. The highest BCUT2D eigenvalue weighted by molar-refractivity contribution is 5.46. The lowest BCUT2D eigenvalue weighted by molar-refractivity contribution is -0.384. The van der Waals surface area contributed by atoms with E-state index in [4.69, 9.17) is 5.73 Å². The number of rotatable bonds is 1. The van der Waals surface area contributed by atoms with Crippen molar-refractivity contribution < 1.29 is 4.92 Å². The Hall–Kier alpha value is -2.36. The number of nitrogen functional groups attached to an aromatic ring is 1. The van der Waals surface area contributed by atoms with Gasteiger partial charge in [-0.05, 0) is 84.7 Å². The molecule has 0 radical (unpaired) electrons. The van der Waals surface area contributed by atoms with Gasteiger partial charge in [-0.15, -0.1) is 0 Å². The van der Waals surface area contributed by atoms with Crippen LogP contribution >= 0.6 is 0 Å². The number of fused-ring (bicyclic) bond motifs is 2. The third-order valence-electron chi connectivity index (χ3n) is 6.24. The molecule has 4 heteroatoms. The highest BCUT2D eigenvalue weighted by atomic mass is 16.6. The molecule has 0 fully saturated rings. The first-order valence-corrected chi connectivity index (χ1v) is 10.6. The number of nitro benzene ring substituents is 1. The third kappa shape index (κ3) is 4.92. The van der Waals surface area contributed by atoms with Crippen molar-refractivity contribution in [3.63, 3.8) is 0 Å². The molecule has 4 nitrogen and oxygen atoms in total. The number of nitrogens with two attached hydrogens (primary N) is 1. The summed E-state index contributed by atoms with van der Waals surface area (Å²) in [6.45, 7) is 4.47. The average Bonchev–Trinajstić information content (AvgIpc) is 2.98. The molecule has 2 aliphatic carbocycles. The van der Waals surface area contributed by atoms with Crippen LogP contribution in [0.25, 0.3) is 0 Å². The van der Waals surface area contributed by atoms with E-state index in [1.165, 1.54) is 60.8 Å². The molecule has 2 aliphatic rings. The summed E-state index contributed by atoms with van der Waals surface area (Å²) in [7, 11) is 0. The summed E-state index contributed by atoms with van der Waals surface area (Å²) in [5.41, 5.74) is 12.4. The molecule has 150 valence electrons. The van der Waals surface area contributed by atoms with Gasteiger partial charge in [0.15, 0.2) is 0 Å². The van der Waals surface area contributed by atoms with E-state index in [2.05, 4.69) is 26.0 Å². The van der Waals surface area contributed by atoms with Gasteiger partial charge in [0.1, 0.15) is 0 Å². The second kappa shape index (κ2) is 9.22. The first-order valence-electron chi connectivity index (χ1n) is 10.6. The van der Waals surface area contributed by atoms with Crippen LogP contribution in [-0.2, 0) is 12.8 Å². The van der Waals surface area contributed by atoms with Crippen LogP contribution < -0.4 is 5.73 Å². The van der Waals surface area contributed by atoms with Crippen molar-refractivity contribution in [2.75, 3.05) is 5.73 Å². The van der Waals surface area contributed by atoms with Crippen molar-refractivity contribution in [1.82, 2.24) is 0 Å². The number of hydrogen-bond acceptors (Lipinski definition) is 3. The van der Waals surface area contributed by atoms with Crippen LogP contribution in [0.3, 0.4) is 0 Å². The van der Waals surface area contributed by atoms with Crippen molar-refractivity contribution in [2.24, 2.45) is 0 Å². The molecule has 4 rings (SSSR count). The molecule has 0 heterocycles. The normalized spacial score (nSPS) is 21.2. The van der Waals surface area contributed by atoms with Gasteiger partial charge < -0.3 is 5.73 Å². The molecular formula is C24H32N2O2. The van der Waals surface area contributed by atoms with Crippen molar-refractivity contribution in [3.05, 3.63) is 68.8 Å². The minimum atomic E-state index is -0.308. The Bertz CT molecular complexity index is 831. The lowest BCUT2D eigenvalue weighted by atomic mass is 9.94. The topological polar surface area (TPSA) is 69.2 Å². The summed E-state index contributed by atoms with van der Waals surface area (Å²) in [5.74, 6) is 1.16. The maximum absolute atomic E-state index is 10.7. The van der Waals surface area contributed by atoms with E-state index >= 15 is 0 Å². The zero-order chi connectivity index (χ0) is 20.1. The van der Waals surface area contributed by atoms with Gasteiger partial charge in [-0.2, -0.15) is 0 Å². The Morgan fingerprint density at radius 2 is 1.39 bits per heavy atom. The molecule has 0 amide bonds. The largest absolute Gasteiger partial charge is 0.399 e. The predicted octanol–water partition coefficient (Wildman–Crippen LogP) is 6.52. The second-order valence-corrected chi connectivity index (χ2v) is 8.39. The van der Waals surface area contributed by atoms with Crippen LogP contribution in [0, 0.1) is 10.1 Å². The highest BCUT2D eigenvalue weighted by Gasteiger charge is 2.18. The smallest absolute Gasteiger partial charge is 0.269 e. The standard InChI is InChI=1S/C12H15NO2.C12H17N/c1-9-4-2-3-5-10-6-7-11(13(14)15)8-12(9)10;1-9-4-2-3-5-10-6-7-11(13)8-12(9)10/h6-9H,2-5H2,1H3;6-9H,2-5,13H2,1H3. The van der Waals surface area contributed by atoms with Gasteiger partial charge in [-0.3, -0.25) is 10.1 Å². The number of hydrogen-bond donors (Lipinski definition) is 1. The molecule has 2 N–H and O–H groups in total. The molecular weight excluding hydrogens is 348 g/mol. The quantitative estimate of drug-likeness (QED) is 0.265. The van der Waals surface area contributed by atoms with Crippen LogP contribution in [0.5, 0.6) is 0 Å². The molecule has 2 atom stereocenters. The summed E-state index contributed by atoms with van der Waals surface area (Å²) in [4.78, 5) is 10.4. The lowest BCUT2D eigenvalue weighted by Crippen LogP contribution is -1.98. The molecule has 0 aromatic heterocycles. The highest BCUT2D eigenvalue weighted by Crippen LogP contribution is 2.33. The van der Waals surface area contributed by atoms with Crippen LogP contribution in [0.1, 0.15) is 86.5 Å². The van der Waals surface area contributed by atoms with E-state index in [0.29, 0.717) is 11.8 Å². The minimum absolute atomic E-state index is 0.225. The van der Waals surface area contributed by atoms with Gasteiger partial charge >= 0.3 is 0 Å². The van der Waals surface area contributed by atoms with E-state index in [-0.39, 0.29) is 10.6 Å².